The molecule has 21 heavy (non-hydrogen) atoms. The summed E-state index contributed by atoms with van der Waals surface area (Å²) in [6, 6.07) is 2.81. The molecule has 0 radical (unpaired) electrons. The maximum Gasteiger partial charge on any atom is 0.335 e. The molecule has 0 saturated heterocycles. The second kappa shape index (κ2) is 7.07. The fourth-order valence-corrected chi connectivity index (χ4v) is 2.15. The number of amides is 3. The predicted molar refractivity (Wildman–Crippen MR) is 81.1 cm³/mol. The number of hydrogen-bond donors (Lipinski definition) is 4. The number of benzene rings is 1. The summed E-state index contributed by atoms with van der Waals surface area (Å²) in [5, 5.41) is 13.9. The van der Waals surface area contributed by atoms with Crippen LogP contribution in [-0.2, 0) is 4.79 Å². The van der Waals surface area contributed by atoms with Crippen molar-refractivity contribution in [2.24, 2.45) is 11.7 Å². The minimum Gasteiger partial charge on any atom is -0.478 e. The Hall–Kier alpha value is -2.09. The largest absolute Gasteiger partial charge is 0.478 e. The molecule has 0 aromatic heterocycles. The number of carboxylic acids is 1. The van der Waals surface area contributed by atoms with Crippen molar-refractivity contribution in [2.75, 3.05) is 5.32 Å². The van der Waals surface area contributed by atoms with Gasteiger partial charge in [0, 0.05) is 10.2 Å². The molecule has 1 aromatic carbocycles. The first-order valence-electron chi connectivity index (χ1n) is 6.11. The van der Waals surface area contributed by atoms with E-state index in [4.69, 9.17) is 10.8 Å². The Morgan fingerprint density at radius 1 is 1.24 bits per heavy atom. The van der Waals surface area contributed by atoms with Crippen LogP contribution in [0.3, 0.4) is 0 Å². The zero-order chi connectivity index (χ0) is 16.2. The molecular weight excluding hydrogens is 342 g/mol. The van der Waals surface area contributed by atoms with Crippen molar-refractivity contribution in [3.05, 3.63) is 28.2 Å². The molecule has 1 rings (SSSR count). The first kappa shape index (κ1) is 17.0. The highest BCUT2D eigenvalue weighted by Crippen LogP contribution is 2.19. The Labute approximate surface area is 130 Å². The number of halogens is 1. The normalized spacial score (nSPS) is 11.8. The van der Waals surface area contributed by atoms with E-state index in [0.29, 0.717) is 4.47 Å². The van der Waals surface area contributed by atoms with Gasteiger partial charge in [-0.3, -0.25) is 4.79 Å². The highest BCUT2D eigenvalue weighted by molar-refractivity contribution is 9.10. The van der Waals surface area contributed by atoms with Gasteiger partial charge in [-0.2, -0.15) is 0 Å². The van der Waals surface area contributed by atoms with Crippen LogP contribution in [0.25, 0.3) is 0 Å². The van der Waals surface area contributed by atoms with Crippen LogP contribution in [0, 0.1) is 5.92 Å². The third-order valence-electron chi connectivity index (χ3n) is 2.66. The maximum absolute atomic E-state index is 11.8. The SMILES string of the molecule is CC(C)C(NC(=O)Nc1cc(Br)cc(C(=O)O)c1)C(N)=O. The summed E-state index contributed by atoms with van der Waals surface area (Å²) in [6.45, 7) is 3.49. The van der Waals surface area contributed by atoms with E-state index in [1.54, 1.807) is 19.9 Å². The van der Waals surface area contributed by atoms with Gasteiger partial charge < -0.3 is 21.5 Å². The molecule has 114 valence electrons. The van der Waals surface area contributed by atoms with E-state index in [9.17, 15) is 14.4 Å². The van der Waals surface area contributed by atoms with Crippen molar-refractivity contribution >= 4 is 39.5 Å². The lowest BCUT2D eigenvalue weighted by Gasteiger charge is -2.19. The van der Waals surface area contributed by atoms with Crippen LogP contribution in [0.15, 0.2) is 22.7 Å². The van der Waals surface area contributed by atoms with Gasteiger partial charge in [0.2, 0.25) is 5.91 Å². The number of urea groups is 1. The van der Waals surface area contributed by atoms with E-state index < -0.39 is 23.9 Å². The molecule has 0 saturated carbocycles. The smallest absolute Gasteiger partial charge is 0.335 e. The lowest BCUT2D eigenvalue weighted by atomic mass is 10.0. The monoisotopic (exact) mass is 357 g/mol. The number of hydrogen-bond acceptors (Lipinski definition) is 3. The van der Waals surface area contributed by atoms with E-state index in [2.05, 4.69) is 26.6 Å². The summed E-state index contributed by atoms with van der Waals surface area (Å²) in [5.41, 5.74) is 5.51. The van der Waals surface area contributed by atoms with Gasteiger partial charge in [0.15, 0.2) is 0 Å². The first-order valence-corrected chi connectivity index (χ1v) is 6.90. The summed E-state index contributed by atoms with van der Waals surface area (Å²) < 4.78 is 0.507. The third kappa shape index (κ3) is 5.07. The quantitative estimate of drug-likeness (QED) is 0.641. The van der Waals surface area contributed by atoms with Crippen LogP contribution in [-0.4, -0.2) is 29.1 Å². The van der Waals surface area contributed by atoms with E-state index >= 15 is 0 Å². The molecule has 0 aliphatic heterocycles. The minimum absolute atomic E-state index is 0.0231. The standard InChI is InChI=1S/C13H16BrN3O4/c1-6(2)10(11(15)18)17-13(21)16-9-4-7(12(19)20)3-8(14)5-9/h3-6,10H,1-2H3,(H2,15,18)(H,19,20)(H2,16,17,21). The van der Waals surface area contributed by atoms with Gasteiger partial charge >= 0.3 is 12.0 Å². The van der Waals surface area contributed by atoms with Crippen molar-refractivity contribution in [3.63, 3.8) is 0 Å². The number of rotatable bonds is 5. The zero-order valence-electron chi connectivity index (χ0n) is 11.5. The number of carboxylic acid groups (broad SMARTS) is 1. The van der Waals surface area contributed by atoms with Crippen LogP contribution in [0.5, 0.6) is 0 Å². The van der Waals surface area contributed by atoms with Crippen LogP contribution in [0.1, 0.15) is 24.2 Å². The molecule has 3 amide bonds. The molecule has 1 unspecified atom stereocenters. The molecule has 0 aliphatic rings. The Morgan fingerprint density at radius 2 is 1.86 bits per heavy atom. The van der Waals surface area contributed by atoms with Crippen molar-refractivity contribution in [2.45, 2.75) is 19.9 Å². The van der Waals surface area contributed by atoms with Gasteiger partial charge in [0.1, 0.15) is 6.04 Å². The van der Waals surface area contributed by atoms with E-state index in [-0.39, 0.29) is 17.2 Å². The molecule has 7 nitrogen and oxygen atoms in total. The van der Waals surface area contributed by atoms with Gasteiger partial charge in [-0.1, -0.05) is 29.8 Å². The van der Waals surface area contributed by atoms with Gasteiger partial charge in [0.05, 0.1) is 5.56 Å². The number of carbonyl (C=O) groups is 3. The zero-order valence-corrected chi connectivity index (χ0v) is 13.1. The molecule has 5 N–H and O–H groups in total. The second-order valence-corrected chi connectivity index (χ2v) is 5.67. The van der Waals surface area contributed by atoms with Gasteiger partial charge in [-0.25, -0.2) is 9.59 Å². The Balaban J connectivity index is 2.83. The molecular formula is C13H16BrN3O4. The number of carbonyl (C=O) groups excluding carboxylic acids is 2. The molecule has 1 aromatic rings. The maximum atomic E-state index is 11.8. The molecule has 0 spiro atoms. The van der Waals surface area contributed by atoms with Crippen LogP contribution < -0.4 is 16.4 Å². The number of nitrogens with one attached hydrogen (secondary N) is 2. The first-order chi connectivity index (χ1) is 9.70. The second-order valence-electron chi connectivity index (χ2n) is 4.76. The number of aromatic carboxylic acids is 1. The number of nitrogens with two attached hydrogens (primary N) is 1. The highest BCUT2D eigenvalue weighted by atomic mass is 79.9. The van der Waals surface area contributed by atoms with Crippen LogP contribution in [0.4, 0.5) is 10.5 Å². The molecule has 0 heterocycles. The van der Waals surface area contributed by atoms with Gasteiger partial charge in [-0.05, 0) is 24.1 Å². The van der Waals surface area contributed by atoms with Crippen molar-refractivity contribution in [1.82, 2.24) is 5.32 Å². The highest BCUT2D eigenvalue weighted by Gasteiger charge is 2.21. The lowest BCUT2D eigenvalue weighted by Crippen LogP contribution is -2.49. The molecule has 0 bridgehead atoms. The summed E-state index contributed by atoms with van der Waals surface area (Å²) in [6.07, 6.45) is 0. The Kier molecular flexibility index (Phi) is 5.71. The fraction of sp³-hybridized carbons (Fsp3) is 0.308. The van der Waals surface area contributed by atoms with Crippen molar-refractivity contribution in [1.29, 1.82) is 0 Å². The summed E-state index contributed by atoms with van der Waals surface area (Å²) in [5.74, 6) is -1.91. The molecule has 1 atom stereocenters. The topological polar surface area (TPSA) is 122 Å². The molecule has 0 aliphatic carbocycles. The number of primary amides is 1. The summed E-state index contributed by atoms with van der Waals surface area (Å²) >= 11 is 3.16. The van der Waals surface area contributed by atoms with Crippen molar-refractivity contribution in [3.8, 4) is 0 Å². The van der Waals surface area contributed by atoms with Crippen LogP contribution >= 0.6 is 15.9 Å². The predicted octanol–water partition coefficient (Wildman–Crippen LogP) is 1.78. The van der Waals surface area contributed by atoms with Gasteiger partial charge in [0.25, 0.3) is 0 Å². The Bertz CT molecular complexity index is 575. The minimum atomic E-state index is -1.11. The Morgan fingerprint density at radius 3 is 2.33 bits per heavy atom. The lowest BCUT2D eigenvalue weighted by molar-refractivity contribution is -0.120. The van der Waals surface area contributed by atoms with Gasteiger partial charge in [-0.15, -0.1) is 0 Å². The number of anilines is 1. The van der Waals surface area contributed by atoms with Crippen LogP contribution in [0.2, 0.25) is 0 Å². The summed E-state index contributed by atoms with van der Waals surface area (Å²) in [4.78, 5) is 34.0. The fourth-order valence-electron chi connectivity index (χ4n) is 1.66. The molecule has 8 heteroatoms. The van der Waals surface area contributed by atoms with E-state index in [1.165, 1.54) is 12.1 Å². The average Bonchev–Trinajstić information content (AvgIpc) is 2.34. The molecule has 0 fully saturated rings. The van der Waals surface area contributed by atoms with Crippen molar-refractivity contribution < 1.29 is 19.5 Å². The third-order valence-corrected chi connectivity index (χ3v) is 3.12. The van der Waals surface area contributed by atoms with E-state index in [0.717, 1.165) is 0 Å². The average molecular weight is 358 g/mol. The summed E-state index contributed by atoms with van der Waals surface area (Å²) in [7, 11) is 0. The van der Waals surface area contributed by atoms with E-state index in [1.807, 2.05) is 0 Å².